The van der Waals surface area contributed by atoms with E-state index in [1.165, 1.54) is 6.08 Å². The molecule has 0 saturated heterocycles. The van der Waals surface area contributed by atoms with Crippen LogP contribution in [0.25, 0.3) is 6.08 Å². The summed E-state index contributed by atoms with van der Waals surface area (Å²) in [6.45, 7) is 0.0906. The van der Waals surface area contributed by atoms with E-state index in [2.05, 4.69) is 10.6 Å². The molecule has 172 valence electrons. The second kappa shape index (κ2) is 10.4. The minimum Gasteiger partial charge on any atom is -0.548 e. The number of carbonyl (C=O) groups excluding carboxylic acids is 3. The minimum absolute atomic E-state index is 0.0266. The number of carbonyl (C=O) groups is 3. The fraction of sp³-hybridized carbons (Fsp3) is 0.115. The molecule has 0 aromatic heterocycles. The van der Waals surface area contributed by atoms with Gasteiger partial charge in [-0.25, -0.2) is 0 Å². The third-order valence-corrected chi connectivity index (χ3v) is 5.11. The molecular formula is C26H21N2O6-. The highest BCUT2D eigenvalue weighted by atomic mass is 16.7. The van der Waals surface area contributed by atoms with Crippen molar-refractivity contribution in [1.29, 1.82) is 0 Å². The van der Waals surface area contributed by atoms with E-state index in [9.17, 15) is 19.5 Å². The maximum Gasteiger partial charge on any atom is 0.268 e. The zero-order valence-electron chi connectivity index (χ0n) is 18.0. The summed E-state index contributed by atoms with van der Waals surface area (Å²) >= 11 is 0. The summed E-state index contributed by atoms with van der Waals surface area (Å²) in [6.07, 6.45) is 1.46. The molecule has 3 aromatic carbocycles. The quantitative estimate of drug-likeness (QED) is 0.497. The maximum absolute atomic E-state index is 13.1. The van der Waals surface area contributed by atoms with Crippen molar-refractivity contribution in [2.45, 2.75) is 12.5 Å². The van der Waals surface area contributed by atoms with Gasteiger partial charge in [0.1, 0.15) is 5.70 Å². The molecule has 34 heavy (non-hydrogen) atoms. The zero-order chi connectivity index (χ0) is 23.9. The third-order valence-electron chi connectivity index (χ3n) is 5.11. The van der Waals surface area contributed by atoms with Gasteiger partial charge in [0, 0.05) is 5.56 Å². The van der Waals surface area contributed by atoms with E-state index in [1.54, 1.807) is 78.9 Å². The Hall–Kier alpha value is -4.59. The average Bonchev–Trinajstić information content (AvgIpc) is 3.32. The lowest BCUT2D eigenvalue weighted by Gasteiger charge is -2.21. The summed E-state index contributed by atoms with van der Waals surface area (Å²) in [5.41, 5.74) is 1.47. The molecule has 0 bridgehead atoms. The SMILES string of the molecule is O=C(N[C@H](Cc1ccccc1)C(=O)[O-])/C(=C/c1ccc2c(c1)OCO2)NC(=O)c1ccccc1. The van der Waals surface area contributed by atoms with Crippen molar-refractivity contribution in [2.24, 2.45) is 0 Å². The normalized spacial score (nSPS) is 13.1. The van der Waals surface area contributed by atoms with Crippen molar-refractivity contribution in [3.05, 3.63) is 101 Å². The van der Waals surface area contributed by atoms with Crippen molar-refractivity contribution in [1.82, 2.24) is 10.6 Å². The van der Waals surface area contributed by atoms with Crippen LogP contribution in [0.4, 0.5) is 0 Å². The number of amides is 2. The molecule has 0 aliphatic carbocycles. The molecule has 3 aromatic rings. The van der Waals surface area contributed by atoms with Gasteiger partial charge in [-0.05, 0) is 47.9 Å². The Labute approximate surface area is 195 Å². The lowest BCUT2D eigenvalue weighted by Crippen LogP contribution is -2.50. The molecule has 1 aliphatic rings. The van der Waals surface area contributed by atoms with E-state index >= 15 is 0 Å². The smallest absolute Gasteiger partial charge is 0.268 e. The summed E-state index contributed by atoms with van der Waals surface area (Å²) in [7, 11) is 0. The van der Waals surface area contributed by atoms with E-state index < -0.39 is 23.8 Å². The number of ether oxygens (including phenoxy) is 2. The number of hydrogen-bond donors (Lipinski definition) is 2. The van der Waals surface area contributed by atoms with Crippen LogP contribution in [0.2, 0.25) is 0 Å². The van der Waals surface area contributed by atoms with E-state index in [0.29, 0.717) is 28.2 Å². The molecule has 0 radical (unpaired) electrons. The van der Waals surface area contributed by atoms with E-state index in [-0.39, 0.29) is 18.9 Å². The van der Waals surface area contributed by atoms with Gasteiger partial charge in [0.25, 0.3) is 11.8 Å². The van der Waals surface area contributed by atoms with Crippen molar-refractivity contribution in [3.63, 3.8) is 0 Å². The first-order valence-electron chi connectivity index (χ1n) is 10.5. The second-order valence-corrected chi connectivity index (χ2v) is 7.53. The van der Waals surface area contributed by atoms with E-state index in [1.807, 2.05) is 0 Å². The van der Waals surface area contributed by atoms with Crippen LogP contribution < -0.4 is 25.2 Å². The van der Waals surface area contributed by atoms with E-state index in [0.717, 1.165) is 0 Å². The number of carboxylic acids is 1. The van der Waals surface area contributed by atoms with E-state index in [4.69, 9.17) is 9.47 Å². The summed E-state index contributed by atoms with van der Waals surface area (Å²) in [5.74, 6) is -1.66. The van der Waals surface area contributed by atoms with Gasteiger partial charge in [-0.15, -0.1) is 0 Å². The zero-order valence-corrected chi connectivity index (χ0v) is 18.0. The van der Waals surface area contributed by atoms with Crippen LogP contribution in [0, 0.1) is 0 Å². The van der Waals surface area contributed by atoms with Gasteiger partial charge in [-0.1, -0.05) is 54.6 Å². The number of carboxylic acid groups (broad SMARTS) is 1. The van der Waals surface area contributed by atoms with Gasteiger partial charge < -0.3 is 30.0 Å². The van der Waals surface area contributed by atoms with Crippen molar-refractivity contribution >= 4 is 23.9 Å². The van der Waals surface area contributed by atoms with Gasteiger partial charge in [-0.2, -0.15) is 0 Å². The summed E-state index contributed by atoms with van der Waals surface area (Å²) in [4.78, 5) is 37.6. The minimum atomic E-state index is -1.44. The lowest BCUT2D eigenvalue weighted by atomic mass is 10.1. The Morgan fingerprint density at radius 2 is 1.59 bits per heavy atom. The van der Waals surface area contributed by atoms with Crippen LogP contribution in [0.15, 0.2) is 84.6 Å². The van der Waals surface area contributed by atoms with Gasteiger partial charge in [0.2, 0.25) is 6.79 Å². The molecule has 1 aliphatic heterocycles. The fourth-order valence-corrected chi connectivity index (χ4v) is 3.39. The molecule has 1 heterocycles. The number of nitrogens with one attached hydrogen (secondary N) is 2. The molecule has 0 spiro atoms. The predicted octanol–water partition coefficient (Wildman–Crippen LogP) is 1.66. The number of hydrogen-bond acceptors (Lipinski definition) is 6. The molecule has 0 unspecified atom stereocenters. The summed E-state index contributed by atoms with van der Waals surface area (Å²) in [5, 5.41) is 16.8. The second-order valence-electron chi connectivity index (χ2n) is 7.53. The Morgan fingerprint density at radius 3 is 2.29 bits per heavy atom. The number of benzene rings is 3. The maximum atomic E-state index is 13.1. The van der Waals surface area contributed by atoms with Crippen molar-refractivity contribution < 1.29 is 29.0 Å². The van der Waals surface area contributed by atoms with Gasteiger partial charge in [0.15, 0.2) is 11.5 Å². The molecule has 0 fully saturated rings. The highest BCUT2D eigenvalue weighted by molar-refractivity contribution is 6.06. The number of aliphatic carboxylic acids is 1. The average molecular weight is 457 g/mol. The number of fused-ring (bicyclic) bond motifs is 1. The van der Waals surface area contributed by atoms with Crippen molar-refractivity contribution in [3.8, 4) is 11.5 Å². The Kier molecular flexibility index (Phi) is 6.88. The van der Waals surface area contributed by atoms with Crippen molar-refractivity contribution in [2.75, 3.05) is 6.79 Å². The van der Waals surface area contributed by atoms with Crippen LogP contribution in [0.3, 0.4) is 0 Å². The fourth-order valence-electron chi connectivity index (χ4n) is 3.39. The Morgan fingerprint density at radius 1 is 0.912 bits per heavy atom. The molecule has 8 nitrogen and oxygen atoms in total. The molecule has 4 rings (SSSR count). The summed E-state index contributed by atoms with van der Waals surface area (Å²) in [6, 6.07) is 20.9. The molecule has 0 saturated carbocycles. The molecule has 8 heteroatoms. The Balaban J connectivity index is 1.60. The van der Waals surface area contributed by atoms with Gasteiger partial charge >= 0.3 is 0 Å². The Bertz CT molecular complexity index is 1220. The lowest BCUT2D eigenvalue weighted by molar-refractivity contribution is -0.308. The van der Waals surface area contributed by atoms with Crippen LogP contribution in [-0.4, -0.2) is 30.6 Å². The largest absolute Gasteiger partial charge is 0.548 e. The van der Waals surface area contributed by atoms with Crippen LogP contribution in [0.5, 0.6) is 11.5 Å². The van der Waals surface area contributed by atoms with Gasteiger partial charge in [-0.3, -0.25) is 9.59 Å². The number of rotatable bonds is 8. The predicted molar refractivity (Wildman–Crippen MR) is 122 cm³/mol. The van der Waals surface area contributed by atoms with Crippen LogP contribution in [-0.2, 0) is 16.0 Å². The molecule has 2 N–H and O–H groups in total. The summed E-state index contributed by atoms with van der Waals surface area (Å²) < 4.78 is 10.7. The third kappa shape index (κ3) is 5.60. The monoisotopic (exact) mass is 457 g/mol. The highest BCUT2D eigenvalue weighted by Gasteiger charge is 2.20. The molecule has 2 amide bonds. The first-order chi connectivity index (χ1) is 16.5. The molecule has 1 atom stereocenters. The van der Waals surface area contributed by atoms with Crippen LogP contribution in [0.1, 0.15) is 21.5 Å². The molecular weight excluding hydrogens is 436 g/mol. The standard InChI is InChI=1S/C26H22N2O6/c29-24(19-9-5-2-6-10-19)27-20(14-18-11-12-22-23(15-18)34-16-33-22)25(30)28-21(26(31)32)13-17-7-3-1-4-8-17/h1-12,14-15,21H,13,16H2,(H,27,29)(H,28,30)(H,31,32)/p-1/b20-14-/t21-/m1/s1. The first kappa shape index (κ1) is 22.6. The van der Waals surface area contributed by atoms with Crippen LogP contribution >= 0.6 is 0 Å². The first-order valence-corrected chi connectivity index (χ1v) is 10.5. The topological polar surface area (TPSA) is 117 Å². The highest BCUT2D eigenvalue weighted by Crippen LogP contribution is 2.33. The van der Waals surface area contributed by atoms with Gasteiger partial charge in [0.05, 0.1) is 12.0 Å².